The Kier molecular flexibility index (Phi) is 41.5. The summed E-state index contributed by atoms with van der Waals surface area (Å²) in [6.07, 6.45) is 48.3. The van der Waals surface area contributed by atoms with Crippen molar-refractivity contribution in [3.05, 3.63) is 36.5 Å². The van der Waals surface area contributed by atoms with Crippen LogP contribution in [0.3, 0.4) is 0 Å². The third-order valence-corrected chi connectivity index (χ3v) is 9.87. The van der Waals surface area contributed by atoms with Gasteiger partial charge in [0, 0.05) is 19.3 Å². The van der Waals surface area contributed by atoms with Gasteiger partial charge in [0.15, 0.2) is 6.10 Å². The standard InChI is InChI=1S/C48H86O6/c1-4-7-10-13-16-19-22-24-25-27-29-32-35-38-41-47(50)53-44-45(43-52-46(49)40-37-34-31-28-21-18-15-12-9-6-3)54-48(51)42-39-36-33-30-26-23-20-17-14-11-8-5-2/h13,16-17,20,22,24,45H,4-12,14-15,18-19,21,23,25-44H2,1-3H3/b16-13-,20-17-,24-22-. The summed E-state index contributed by atoms with van der Waals surface area (Å²) in [7, 11) is 0. The lowest BCUT2D eigenvalue weighted by molar-refractivity contribution is -0.167. The fraction of sp³-hybridized carbons (Fsp3) is 0.812. The Bertz CT molecular complexity index is 922. The molecule has 0 fully saturated rings. The van der Waals surface area contributed by atoms with Crippen LogP contribution in [0, 0.1) is 0 Å². The second kappa shape index (κ2) is 43.4. The van der Waals surface area contributed by atoms with Gasteiger partial charge in [-0.3, -0.25) is 14.4 Å². The minimum Gasteiger partial charge on any atom is -0.462 e. The molecule has 0 aromatic carbocycles. The van der Waals surface area contributed by atoms with E-state index in [2.05, 4.69) is 57.2 Å². The van der Waals surface area contributed by atoms with E-state index >= 15 is 0 Å². The summed E-state index contributed by atoms with van der Waals surface area (Å²) in [4.78, 5) is 37.7. The Morgan fingerprint density at radius 3 is 1.13 bits per heavy atom. The Hall–Kier alpha value is -2.37. The van der Waals surface area contributed by atoms with Crippen LogP contribution in [-0.4, -0.2) is 37.2 Å². The zero-order chi connectivity index (χ0) is 39.4. The van der Waals surface area contributed by atoms with Crippen LogP contribution < -0.4 is 0 Å². The maximum absolute atomic E-state index is 12.7. The molecule has 0 heterocycles. The number of esters is 3. The third-order valence-electron chi connectivity index (χ3n) is 9.87. The summed E-state index contributed by atoms with van der Waals surface area (Å²) in [5.74, 6) is -0.902. The van der Waals surface area contributed by atoms with Gasteiger partial charge in [-0.05, 0) is 70.6 Å². The predicted octanol–water partition coefficient (Wildman–Crippen LogP) is 14.6. The molecule has 6 heteroatoms. The highest BCUT2D eigenvalue weighted by molar-refractivity contribution is 5.71. The molecule has 1 unspecified atom stereocenters. The molecule has 54 heavy (non-hydrogen) atoms. The van der Waals surface area contributed by atoms with Crippen LogP contribution in [0.5, 0.6) is 0 Å². The first-order valence-electron chi connectivity index (χ1n) is 23.0. The van der Waals surface area contributed by atoms with Crippen molar-refractivity contribution in [1.29, 1.82) is 0 Å². The smallest absolute Gasteiger partial charge is 0.306 e. The van der Waals surface area contributed by atoms with E-state index in [1.165, 1.54) is 103 Å². The molecule has 0 aliphatic rings. The van der Waals surface area contributed by atoms with Crippen LogP contribution in [0.1, 0.15) is 233 Å². The number of carbonyl (C=O) groups excluding carboxylic acids is 3. The Morgan fingerprint density at radius 1 is 0.370 bits per heavy atom. The molecule has 6 nitrogen and oxygen atoms in total. The van der Waals surface area contributed by atoms with Gasteiger partial charge in [0.25, 0.3) is 0 Å². The number of hydrogen-bond donors (Lipinski definition) is 0. The van der Waals surface area contributed by atoms with Crippen molar-refractivity contribution >= 4 is 17.9 Å². The van der Waals surface area contributed by atoms with E-state index < -0.39 is 6.10 Å². The number of rotatable bonds is 41. The Labute approximate surface area is 334 Å². The van der Waals surface area contributed by atoms with E-state index in [4.69, 9.17) is 14.2 Å². The van der Waals surface area contributed by atoms with Gasteiger partial charge in [-0.2, -0.15) is 0 Å². The molecule has 0 aliphatic carbocycles. The molecule has 0 radical (unpaired) electrons. The highest BCUT2D eigenvalue weighted by atomic mass is 16.6. The summed E-state index contributed by atoms with van der Waals surface area (Å²) in [6.45, 7) is 6.54. The topological polar surface area (TPSA) is 78.9 Å². The molecule has 0 rings (SSSR count). The maximum Gasteiger partial charge on any atom is 0.306 e. The second-order valence-corrected chi connectivity index (χ2v) is 15.3. The third kappa shape index (κ3) is 40.8. The van der Waals surface area contributed by atoms with Crippen LogP contribution in [0.2, 0.25) is 0 Å². The van der Waals surface area contributed by atoms with Gasteiger partial charge in [0.05, 0.1) is 0 Å². The predicted molar refractivity (Wildman–Crippen MR) is 229 cm³/mol. The van der Waals surface area contributed by atoms with Gasteiger partial charge in [-0.15, -0.1) is 0 Å². The number of ether oxygens (including phenoxy) is 3. The molecular weight excluding hydrogens is 673 g/mol. The monoisotopic (exact) mass is 759 g/mol. The number of unbranched alkanes of at least 4 members (excludes halogenated alkanes) is 24. The lowest BCUT2D eigenvalue weighted by Gasteiger charge is -2.18. The number of hydrogen-bond acceptors (Lipinski definition) is 6. The molecule has 0 saturated heterocycles. The van der Waals surface area contributed by atoms with Gasteiger partial charge in [-0.1, -0.05) is 179 Å². The molecular formula is C48H86O6. The van der Waals surface area contributed by atoms with Crippen molar-refractivity contribution < 1.29 is 28.6 Å². The van der Waals surface area contributed by atoms with Gasteiger partial charge >= 0.3 is 17.9 Å². The molecule has 0 N–H and O–H groups in total. The lowest BCUT2D eigenvalue weighted by Crippen LogP contribution is -2.30. The van der Waals surface area contributed by atoms with Gasteiger partial charge < -0.3 is 14.2 Å². The molecule has 0 aliphatic heterocycles. The van der Waals surface area contributed by atoms with Crippen LogP contribution in [-0.2, 0) is 28.6 Å². The van der Waals surface area contributed by atoms with E-state index in [9.17, 15) is 14.4 Å². The van der Waals surface area contributed by atoms with Crippen molar-refractivity contribution in [3.63, 3.8) is 0 Å². The highest BCUT2D eigenvalue weighted by Gasteiger charge is 2.19. The van der Waals surface area contributed by atoms with Gasteiger partial charge in [0.1, 0.15) is 13.2 Å². The molecule has 314 valence electrons. The molecule has 0 saturated carbocycles. The summed E-state index contributed by atoms with van der Waals surface area (Å²) in [6, 6.07) is 0. The fourth-order valence-electron chi connectivity index (χ4n) is 6.33. The zero-order valence-corrected chi connectivity index (χ0v) is 35.7. The van der Waals surface area contributed by atoms with Crippen molar-refractivity contribution in [2.24, 2.45) is 0 Å². The Morgan fingerprint density at radius 2 is 0.685 bits per heavy atom. The van der Waals surface area contributed by atoms with Crippen LogP contribution in [0.4, 0.5) is 0 Å². The molecule has 0 spiro atoms. The van der Waals surface area contributed by atoms with E-state index in [1.54, 1.807) is 0 Å². The van der Waals surface area contributed by atoms with Crippen molar-refractivity contribution in [2.75, 3.05) is 13.2 Å². The minimum absolute atomic E-state index is 0.0782. The van der Waals surface area contributed by atoms with Gasteiger partial charge in [0.2, 0.25) is 0 Å². The lowest BCUT2D eigenvalue weighted by atomic mass is 10.1. The largest absolute Gasteiger partial charge is 0.462 e. The maximum atomic E-state index is 12.7. The zero-order valence-electron chi connectivity index (χ0n) is 35.7. The molecule has 0 aromatic rings. The van der Waals surface area contributed by atoms with Crippen molar-refractivity contribution in [2.45, 2.75) is 239 Å². The van der Waals surface area contributed by atoms with E-state index in [-0.39, 0.29) is 31.1 Å². The van der Waals surface area contributed by atoms with Crippen LogP contribution >= 0.6 is 0 Å². The second-order valence-electron chi connectivity index (χ2n) is 15.3. The van der Waals surface area contributed by atoms with Crippen LogP contribution in [0.25, 0.3) is 0 Å². The normalized spacial score (nSPS) is 12.3. The average Bonchev–Trinajstić information content (AvgIpc) is 3.17. The molecule has 0 bridgehead atoms. The van der Waals surface area contributed by atoms with Crippen molar-refractivity contribution in [3.8, 4) is 0 Å². The SMILES string of the molecule is CCCC/C=C\C/C=C\CCCCCCCC(=O)OCC(COC(=O)CCCCCCCCCCCC)OC(=O)CCCCCCC/C=C\CCCCC. The van der Waals surface area contributed by atoms with Crippen LogP contribution in [0.15, 0.2) is 36.5 Å². The first kappa shape index (κ1) is 51.6. The fourth-order valence-corrected chi connectivity index (χ4v) is 6.33. The first-order valence-corrected chi connectivity index (χ1v) is 23.0. The number of carbonyl (C=O) groups is 3. The van der Waals surface area contributed by atoms with E-state index in [0.29, 0.717) is 19.3 Å². The molecule has 0 amide bonds. The highest BCUT2D eigenvalue weighted by Crippen LogP contribution is 2.14. The Balaban J connectivity index is 4.39. The van der Waals surface area contributed by atoms with E-state index in [1.807, 2.05) is 0 Å². The van der Waals surface area contributed by atoms with Crippen molar-refractivity contribution in [1.82, 2.24) is 0 Å². The summed E-state index contributed by atoms with van der Waals surface area (Å²) < 4.78 is 16.7. The summed E-state index contributed by atoms with van der Waals surface area (Å²) in [5, 5.41) is 0. The summed E-state index contributed by atoms with van der Waals surface area (Å²) in [5.41, 5.74) is 0. The van der Waals surface area contributed by atoms with E-state index in [0.717, 1.165) is 89.9 Å². The first-order chi connectivity index (χ1) is 26.5. The number of allylic oxidation sites excluding steroid dienone is 6. The molecule has 0 aromatic heterocycles. The minimum atomic E-state index is -0.776. The summed E-state index contributed by atoms with van der Waals surface area (Å²) >= 11 is 0. The molecule has 1 atom stereocenters. The van der Waals surface area contributed by atoms with Gasteiger partial charge in [-0.25, -0.2) is 0 Å². The average molecular weight is 759 g/mol. The quantitative estimate of drug-likeness (QED) is 0.0267.